The molecule has 2 atom stereocenters. The number of nitrogens with zero attached hydrogens (tertiary/aromatic N) is 1. The van der Waals surface area contributed by atoms with Crippen LogP contribution >= 0.6 is 0 Å². The highest BCUT2D eigenvalue weighted by molar-refractivity contribution is 5.83. The molecule has 0 radical (unpaired) electrons. The second-order valence-corrected chi connectivity index (χ2v) is 5.03. The maximum atomic E-state index is 12.4. The van der Waals surface area contributed by atoms with Crippen molar-refractivity contribution in [1.29, 1.82) is 0 Å². The molecular weight excluding hydrogens is 251 g/mol. The molecule has 2 heterocycles. The van der Waals surface area contributed by atoms with Crippen LogP contribution < -0.4 is 0 Å². The number of carboxylic acids is 1. The first-order chi connectivity index (χ1) is 8.29. The van der Waals surface area contributed by atoms with Gasteiger partial charge < -0.3 is 10.0 Å². The molecular formula is C11H14F3NO3. The zero-order chi connectivity index (χ0) is 13.5. The van der Waals surface area contributed by atoms with Crippen molar-refractivity contribution in [3.63, 3.8) is 0 Å². The van der Waals surface area contributed by atoms with Gasteiger partial charge in [0.15, 0.2) is 0 Å². The second-order valence-electron chi connectivity index (χ2n) is 5.03. The summed E-state index contributed by atoms with van der Waals surface area (Å²) < 4.78 is 37.3. The molecule has 0 aromatic heterocycles. The average Bonchev–Trinajstić information content (AvgIpc) is 2.47. The molecule has 18 heavy (non-hydrogen) atoms. The number of hydrogen-bond donors (Lipinski definition) is 1. The van der Waals surface area contributed by atoms with Gasteiger partial charge in [-0.3, -0.25) is 9.59 Å². The lowest BCUT2D eigenvalue weighted by Gasteiger charge is -2.38. The van der Waals surface area contributed by atoms with Crippen LogP contribution in [0, 0.1) is 5.92 Å². The number of carbonyl (C=O) groups excluding carboxylic acids is 1. The van der Waals surface area contributed by atoms with Gasteiger partial charge in [0.25, 0.3) is 0 Å². The molecule has 2 saturated heterocycles. The Hall–Kier alpha value is -1.27. The third-order valence-corrected chi connectivity index (χ3v) is 3.77. The smallest absolute Gasteiger partial charge is 0.471 e. The number of hydrogen-bond acceptors (Lipinski definition) is 2. The summed E-state index contributed by atoms with van der Waals surface area (Å²) in [4.78, 5) is 22.8. The van der Waals surface area contributed by atoms with Crippen molar-refractivity contribution in [2.24, 2.45) is 5.92 Å². The van der Waals surface area contributed by atoms with E-state index >= 15 is 0 Å². The fourth-order valence-corrected chi connectivity index (χ4v) is 3.18. The zero-order valence-electron chi connectivity index (χ0n) is 9.61. The highest BCUT2D eigenvalue weighted by Crippen LogP contribution is 2.41. The lowest BCUT2D eigenvalue weighted by atomic mass is 9.88. The van der Waals surface area contributed by atoms with Crippen LogP contribution in [-0.4, -0.2) is 40.1 Å². The summed E-state index contributed by atoms with van der Waals surface area (Å²) in [6, 6.07) is -0.885. The highest BCUT2D eigenvalue weighted by Gasteiger charge is 2.51. The molecule has 4 nitrogen and oxygen atoms in total. The number of rotatable bonds is 2. The second kappa shape index (κ2) is 4.44. The Labute approximate surface area is 102 Å². The largest absolute Gasteiger partial charge is 0.481 e. The van der Waals surface area contributed by atoms with Crippen LogP contribution in [0.3, 0.4) is 0 Å². The van der Waals surface area contributed by atoms with E-state index in [1.165, 1.54) is 0 Å². The molecule has 102 valence electrons. The van der Waals surface area contributed by atoms with E-state index in [9.17, 15) is 22.8 Å². The molecule has 0 aliphatic carbocycles. The monoisotopic (exact) mass is 265 g/mol. The molecule has 2 aliphatic rings. The number of amides is 1. The van der Waals surface area contributed by atoms with Gasteiger partial charge in [0.2, 0.25) is 0 Å². The molecule has 2 fully saturated rings. The van der Waals surface area contributed by atoms with Gasteiger partial charge in [0.05, 0.1) is 0 Å². The fourth-order valence-electron chi connectivity index (χ4n) is 3.18. The number of fused-ring (bicyclic) bond motifs is 2. The van der Waals surface area contributed by atoms with Gasteiger partial charge in [-0.2, -0.15) is 13.2 Å². The maximum absolute atomic E-state index is 12.4. The van der Waals surface area contributed by atoms with E-state index in [2.05, 4.69) is 0 Å². The molecule has 1 amide bonds. The quantitative estimate of drug-likeness (QED) is 0.828. The number of aliphatic carboxylic acids is 1. The molecule has 2 unspecified atom stereocenters. The van der Waals surface area contributed by atoms with Crippen LogP contribution in [0.4, 0.5) is 13.2 Å². The van der Waals surface area contributed by atoms with Crippen LogP contribution in [-0.2, 0) is 9.59 Å². The lowest BCUT2D eigenvalue weighted by molar-refractivity contribution is -0.190. The van der Waals surface area contributed by atoms with Crippen molar-refractivity contribution < 1.29 is 27.9 Å². The van der Waals surface area contributed by atoms with Crippen molar-refractivity contribution in [2.75, 3.05) is 0 Å². The molecule has 7 heteroatoms. The Morgan fingerprint density at radius 3 is 2.06 bits per heavy atom. The van der Waals surface area contributed by atoms with Crippen molar-refractivity contribution in [3.05, 3.63) is 0 Å². The van der Waals surface area contributed by atoms with E-state index in [0.717, 1.165) is 4.90 Å². The first kappa shape index (κ1) is 13.2. The molecule has 2 rings (SSSR count). The van der Waals surface area contributed by atoms with E-state index in [-0.39, 0.29) is 12.3 Å². The Balaban J connectivity index is 2.06. The summed E-state index contributed by atoms with van der Waals surface area (Å²) in [7, 11) is 0. The summed E-state index contributed by atoms with van der Waals surface area (Å²) in [5.41, 5.74) is 0. The number of piperidine rings is 1. The Morgan fingerprint density at radius 1 is 1.17 bits per heavy atom. The van der Waals surface area contributed by atoms with Crippen molar-refractivity contribution in [3.8, 4) is 0 Å². The average molecular weight is 265 g/mol. The summed E-state index contributed by atoms with van der Waals surface area (Å²) in [5, 5.41) is 8.70. The SMILES string of the molecule is O=C(O)CC1CC2CCC(C1)N2C(=O)C(F)(F)F. The molecule has 2 aliphatic heterocycles. The minimum atomic E-state index is -4.83. The Kier molecular flexibility index (Phi) is 3.25. The van der Waals surface area contributed by atoms with Gasteiger partial charge in [-0.25, -0.2) is 0 Å². The fraction of sp³-hybridized carbons (Fsp3) is 0.818. The first-order valence-electron chi connectivity index (χ1n) is 5.90. The standard InChI is InChI=1S/C11H14F3NO3/c12-11(13,14)10(18)15-7-1-2-8(15)4-6(3-7)5-9(16)17/h6-8H,1-5H2,(H,16,17). The first-order valence-corrected chi connectivity index (χ1v) is 5.90. The minimum Gasteiger partial charge on any atom is -0.481 e. The van der Waals surface area contributed by atoms with E-state index in [4.69, 9.17) is 5.11 Å². The number of carboxylic acid groups (broad SMARTS) is 1. The molecule has 2 bridgehead atoms. The third-order valence-electron chi connectivity index (χ3n) is 3.77. The Morgan fingerprint density at radius 2 is 1.67 bits per heavy atom. The minimum absolute atomic E-state index is 0.0267. The summed E-state index contributed by atoms with van der Waals surface area (Å²) in [5.74, 6) is -2.82. The van der Waals surface area contributed by atoms with Crippen LogP contribution in [0.15, 0.2) is 0 Å². The normalized spacial score (nSPS) is 31.5. The van der Waals surface area contributed by atoms with E-state index in [0.29, 0.717) is 25.7 Å². The summed E-state index contributed by atoms with van der Waals surface area (Å²) in [6.07, 6.45) is -3.04. The summed E-state index contributed by atoms with van der Waals surface area (Å²) in [6.45, 7) is 0. The predicted octanol–water partition coefficient (Wildman–Crippen LogP) is 1.79. The zero-order valence-corrected chi connectivity index (χ0v) is 9.61. The van der Waals surface area contributed by atoms with Gasteiger partial charge in [-0.1, -0.05) is 0 Å². The van der Waals surface area contributed by atoms with Gasteiger partial charge in [-0.15, -0.1) is 0 Å². The lowest BCUT2D eigenvalue weighted by Crippen LogP contribution is -2.51. The van der Waals surface area contributed by atoms with E-state index < -0.39 is 30.1 Å². The molecule has 0 aromatic rings. The van der Waals surface area contributed by atoms with Crippen molar-refractivity contribution >= 4 is 11.9 Å². The molecule has 0 spiro atoms. The van der Waals surface area contributed by atoms with Crippen LogP contribution in [0.25, 0.3) is 0 Å². The van der Waals surface area contributed by atoms with Crippen LogP contribution in [0.1, 0.15) is 32.1 Å². The van der Waals surface area contributed by atoms with Gasteiger partial charge in [0, 0.05) is 18.5 Å². The van der Waals surface area contributed by atoms with Gasteiger partial charge >= 0.3 is 18.1 Å². The maximum Gasteiger partial charge on any atom is 0.471 e. The van der Waals surface area contributed by atoms with Crippen LogP contribution in [0.5, 0.6) is 0 Å². The number of carbonyl (C=O) groups is 2. The van der Waals surface area contributed by atoms with E-state index in [1.807, 2.05) is 0 Å². The topological polar surface area (TPSA) is 57.6 Å². The van der Waals surface area contributed by atoms with Crippen LogP contribution in [0.2, 0.25) is 0 Å². The molecule has 0 saturated carbocycles. The van der Waals surface area contributed by atoms with E-state index in [1.54, 1.807) is 0 Å². The van der Waals surface area contributed by atoms with Crippen molar-refractivity contribution in [2.45, 2.75) is 50.4 Å². The number of halogens is 3. The molecule has 1 N–H and O–H groups in total. The van der Waals surface area contributed by atoms with Crippen molar-refractivity contribution in [1.82, 2.24) is 4.90 Å². The predicted molar refractivity (Wildman–Crippen MR) is 54.7 cm³/mol. The number of alkyl halides is 3. The Bertz CT molecular complexity index is 355. The summed E-state index contributed by atoms with van der Waals surface area (Å²) >= 11 is 0. The van der Waals surface area contributed by atoms with Gasteiger partial charge in [0.1, 0.15) is 0 Å². The van der Waals surface area contributed by atoms with Gasteiger partial charge in [-0.05, 0) is 31.6 Å². The molecule has 0 aromatic carbocycles. The highest BCUT2D eigenvalue weighted by atomic mass is 19.4. The third kappa shape index (κ3) is 2.44.